The Kier molecular flexibility index (Phi) is 5.68. The minimum atomic E-state index is -4.64. The number of aromatic nitrogens is 2. The second kappa shape index (κ2) is 8.84. The van der Waals surface area contributed by atoms with Gasteiger partial charge < -0.3 is 19.9 Å². The highest BCUT2D eigenvalue weighted by Gasteiger charge is 2.36. The molecule has 0 atom stereocenters. The molecule has 1 fully saturated rings. The van der Waals surface area contributed by atoms with Gasteiger partial charge in [-0.3, -0.25) is 9.59 Å². The van der Waals surface area contributed by atoms with Crippen LogP contribution in [0.15, 0.2) is 48.5 Å². The largest absolute Gasteiger partial charge is 0.433 e. The van der Waals surface area contributed by atoms with E-state index < -0.39 is 29.1 Å². The normalized spacial score (nSPS) is 15.1. The Balaban J connectivity index is 1.33. The Morgan fingerprint density at radius 2 is 1.81 bits per heavy atom. The lowest BCUT2D eigenvalue weighted by Gasteiger charge is -2.35. The first-order chi connectivity index (χ1) is 17.3. The molecule has 5 rings (SSSR count). The predicted molar refractivity (Wildman–Crippen MR) is 121 cm³/mol. The molecule has 2 aromatic carbocycles. The van der Waals surface area contributed by atoms with Gasteiger partial charge in [0.05, 0.1) is 22.4 Å². The molecule has 36 heavy (non-hydrogen) atoms. The summed E-state index contributed by atoms with van der Waals surface area (Å²) >= 11 is 0. The Morgan fingerprint density at radius 3 is 2.53 bits per heavy atom. The summed E-state index contributed by atoms with van der Waals surface area (Å²) in [4.78, 5) is 28.8. The van der Waals surface area contributed by atoms with E-state index in [2.05, 4.69) is 15.5 Å². The summed E-state index contributed by atoms with van der Waals surface area (Å²) < 4.78 is 45.7. The predicted octanol–water partition coefficient (Wildman–Crippen LogP) is 3.69. The second-order valence-corrected chi connectivity index (χ2v) is 8.09. The Morgan fingerprint density at radius 1 is 1.06 bits per heavy atom. The third-order valence-electron chi connectivity index (χ3n) is 5.93. The standard InChI is InChI=1S/C24H17F3N6O3/c25-24(26,27)17-6-2-1-5-15(17)23(35)33-10-8-32(9-11-33)19-12-16-21(34)29-18-7-3-4-14(13-28)20(18)36-22(16)31-30-19/h1-7,12H,8-11H2,(H,29,34). The molecule has 1 saturated heterocycles. The van der Waals surface area contributed by atoms with Crippen molar-refractivity contribution in [3.05, 3.63) is 70.8 Å². The first-order valence-corrected chi connectivity index (χ1v) is 10.9. The summed E-state index contributed by atoms with van der Waals surface area (Å²) in [5.74, 6) is -0.737. The summed E-state index contributed by atoms with van der Waals surface area (Å²) in [5, 5.41) is 20.2. The zero-order chi connectivity index (χ0) is 25.4. The zero-order valence-corrected chi connectivity index (χ0v) is 18.5. The van der Waals surface area contributed by atoms with E-state index in [-0.39, 0.29) is 48.9 Å². The summed E-state index contributed by atoms with van der Waals surface area (Å²) in [6, 6.07) is 13.0. The van der Waals surface area contributed by atoms with E-state index in [1.807, 2.05) is 6.07 Å². The van der Waals surface area contributed by atoms with Crippen molar-refractivity contribution in [2.45, 2.75) is 6.18 Å². The first kappa shape index (κ1) is 23.1. The van der Waals surface area contributed by atoms with Crippen molar-refractivity contribution in [2.24, 2.45) is 0 Å². The Bertz CT molecular complexity index is 1410. The van der Waals surface area contributed by atoms with Crippen molar-refractivity contribution in [1.82, 2.24) is 15.1 Å². The van der Waals surface area contributed by atoms with Crippen LogP contribution in [0.25, 0.3) is 0 Å². The summed E-state index contributed by atoms with van der Waals surface area (Å²) in [7, 11) is 0. The number of hydrogen-bond acceptors (Lipinski definition) is 7. The average molecular weight is 494 g/mol. The number of fused-ring (bicyclic) bond motifs is 2. The van der Waals surface area contributed by atoms with Gasteiger partial charge in [-0.15, -0.1) is 10.2 Å². The smallest absolute Gasteiger partial charge is 0.417 e. The van der Waals surface area contributed by atoms with Crippen molar-refractivity contribution in [1.29, 1.82) is 5.26 Å². The van der Waals surface area contributed by atoms with Crippen molar-refractivity contribution in [2.75, 3.05) is 36.4 Å². The number of halogens is 3. The van der Waals surface area contributed by atoms with Gasteiger partial charge in [-0.05, 0) is 24.3 Å². The summed E-state index contributed by atoms with van der Waals surface area (Å²) in [5.41, 5.74) is -0.712. The lowest BCUT2D eigenvalue weighted by molar-refractivity contribution is -0.138. The molecule has 2 aliphatic rings. The number of rotatable bonds is 2. The Labute approximate surface area is 202 Å². The number of nitrogens with zero attached hydrogens (tertiary/aromatic N) is 5. The van der Waals surface area contributed by atoms with Gasteiger partial charge in [0.2, 0.25) is 0 Å². The van der Waals surface area contributed by atoms with Crippen LogP contribution >= 0.6 is 0 Å². The fourth-order valence-electron chi connectivity index (χ4n) is 4.11. The topological polar surface area (TPSA) is 111 Å². The lowest BCUT2D eigenvalue weighted by atomic mass is 10.1. The van der Waals surface area contributed by atoms with E-state index in [1.54, 1.807) is 23.1 Å². The van der Waals surface area contributed by atoms with E-state index in [0.717, 1.165) is 6.07 Å². The molecule has 2 aliphatic heterocycles. The van der Waals surface area contributed by atoms with Crippen LogP contribution in [-0.4, -0.2) is 53.1 Å². The van der Waals surface area contributed by atoms with Crippen LogP contribution in [0, 0.1) is 11.3 Å². The number of alkyl halides is 3. The van der Waals surface area contributed by atoms with Crippen LogP contribution < -0.4 is 15.0 Å². The van der Waals surface area contributed by atoms with Gasteiger partial charge in [-0.1, -0.05) is 18.2 Å². The van der Waals surface area contributed by atoms with E-state index >= 15 is 0 Å². The molecule has 1 N–H and O–H groups in total. The number of para-hydroxylation sites is 1. The van der Waals surface area contributed by atoms with E-state index in [9.17, 15) is 28.0 Å². The number of carbonyl (C=O) groups excluding carboxylic acids is 2. The SMILES string of the molecule is N#Cc1cccc2c1Oc1nnc(N3CCN(C(=O)c4ccccc4C(F)(F)F)CC3)cc1C(=O)N2. The van der Waals surface area contributed by atoms with Gasteiger partial charge in [0.25, 0.3) is 17.7 Å². The minimum Gasteiger partial charge on any atom is -0.433 e. The molecule has 1 aromatic heterocycles. The highest BCUT2D eigenvalue weighted by molar-refractivity contribution is 6.08. The third kappa shape index (κ3) is 4.15. The average Bonchev–Trinajstić information content (AvgIpc) is 3.03. The number of hydrogen-bond donors (Lipinski definition) is 1. The molecule has 0 aliphatic carbocycles. The highest BCUT2D eigenvalue weighted by Crippen LogP contribution is 2.37. The van der Waals surface area contributed by atoms with Crippen LogP contribution in [0.5, 0.6) is 11.6 Å². The molecule has 3 heterocycles. The fraction of sp³-hybridized carbons (Fsp3) is 0.208. The summed E-state index contributed by atoms with van der Waals surface area (Å²) in [6.07, 6.45) is -4.64. The maximum atomic E-state index is 13.3. The molecule has 0 radical (unpaired) electrons. The number of carbonyl (C=O) groups is 2. The third-order valence-corrected chi connectivity index (χ3v) is 5.93. The fourth-order valence-corrected chi connectivity index (χ4v) is 4.11. The molecule has 2 amide bonds. The number of piperazine rings is 1. The Hall–Kier alpha value is -4.66. The van der Waals surface area contributed by atoms with Gasteiger partial charge in [0.15, 0.2) is 11.6 Å². The number of amides is 2. The van der Waals surface area contributed by atoms with Crippen molar-refractivity contribution < 1.29 is 27.5 Å². The quantitative estimate of drug-likeness (QED) is 0.578. The van der Waals surface area contributed by atoms with Crippen molar-refractivity contribution >= 4 is 23.3 Å². The molecule has 0 unspecified atom stereocenters. The van der Waals surface area contributed by atoms with Gasteiger partial charge in [0.1, 0.15) is 11.6 Å². The van der Waals surface area contributed by atoms with Gasteiger partial charge >= 0.3 is 6.18 Å². The van der Waals surface area contributed by atoms with Crippen LogP contribution in [0.4, 0.5) is 24.7 Å². The number of anilines is 2. The van der Waals surface area contributed by atoms with Crippen LogP contribution in [0.3, 0.4) is 0 Å². The highest BCUT2D eigenvalue weighted by atomic mass is 19.4. The molecule has 3 aromatic rings. The van der Waals surface area contributed by atoms with E-state index in [4.69, 9.17) is 4.74 Å². The van der Waals surface area contributed by atoms with E-state index in [0.29, 0.717) is 11.5 Å². The van der Waals surface area contributed by atoms with E-state index in [1.165, 1.54) is 29.2 Å². The molecule has 0 saturated carbocycles. The molecule has 12 heteroatoms. The maximum absolute atomic E-state index is 13.3. The molecule has 0 spiro atoms. The molecular formula is C24H17F3N6O3. The zero-order valence-electron chi connectivity index (χ0n) is 18.5. The van der Waals surface area contributed by atoms with Gasteiger partial charge in [0, 0.05) is 32.2 Å². The second-order valence-electron chi connectivity index (χ2n) is 8.09. The summed E-state index contributed by atoms with van der Waals surface area (Å²) in [6.45, 7) is 0.857. The van der Waals surface area contributed by atoms with Crippen LogP contribution in [0.2, 0.25) is 0 Å². The lowest BCUT2D eigenvalue weighted by Crippen LogP contribution is -2.49. The maximum Gasteiger partial charge on any atom is 0.417 e. The van der Waals surface area contributed by atoms with Crippen LogP contribution in [0.1, 0.15) is 31.8 Å². The molecule has 182 valence electrons. The number of ether oxygens (including phenoxy) is 1. The molecule has 0 bridgehead atoms. The number of benzene rings is 2. The van der Waals surface area contributed by atoms with Crippen molar-refractivity contribution in [3.8, 4) is 17.7 Å². The molecular weight excluding hydrogens is 477 g/mol. The van der Waals surface area contributed by atoms with Gasteiger partial charge in [-0.25, -0.2) is 0 Å². The first-order valence-electron chi connectivity index (χ1n) is 10.9. The minimum absolute atomic E-state index is 0.0599. The number of nitriles is 1. The molecule has 9 nitrogen and oxygen atoms in total. The number of nitrogens with one attached hydrogen (secondary N) is 1. The van der Waals surface area contributed by atoms with Gasteiger partial charge in [-0.2, -0.15) is 18.4 Å². The monoisotopic (exact) mass is 494 g/mol. The van der Waals surface area contributed by atoms with Crippen LogP contribution in [-0.2, 0) is 6.18 Å². The van der Waals surface area contributed by atoms with Crippen molar-refractivity contribution in [3.63, 3.8) is 0 Å².